The van der Waals surface area contributed by atoms with Crippen molar-refractivity contribution < 1.29 is 28.7 Å². The van der Waals surface area contributed by atoms with Crippen molar-refractivity contribution in [3.05, 3.63) is 87.6 Å². The van der Waals surface area contributed by atoms with Crippen LogP contribution in [-0.2, 0) is 26.1 Å². The number of carbonyl (C=O) groups excluding carboxylic acids is 4. The lowest BCUT2D eigenvalue weighted by Crippen LogP contribution is -2.49. The normalized spacial score (nSPS) is 15.5. The Bertz CT molecular complexity index is 2610. The molecule has 2 aliphatic carbocycles. The topological polar surface area (TPSA) is 220 Å². The van der Waals surface area contributed by atoms with Crippen LogP contribution in [0.4, 0.5) is 29.0 Å². The summed E-state index contributed by atoms with van der Waals surface area (Å²) in [5, 5.41) is 16.8. The highest BCUT2D eigenvalue weighted by molar-refractivity contribution is 6.09. The molecular formula is C47H58N12O7. The number of amides is 3. The summed E-state index contributed by atoms with van der Waals surface area (Å²) in [6, 6.07) is 12.6. The van der Waals surface area contributed by atoms with Gasteiger partial charge in [0, 0.05) is 75.1 Å². The van der Waals surface area contributed by atoms with Gasteiger partial charge in [-0.25, -0.2) is 9.97 Å². The Labute approximate surface area is 382 Å². The average Bonchev–Trinajstić information content (AvgIpc) is 3.87. The van der Waals surface area contributed by atoms with Crippen molar-refractivity contribution in [1.29, 1.82) is 0 Å². The van der Waals surface area contributed by atoms with Crippen molar-refractivity contribution in [2.75, 3.05) is 86.5 Å². The second-order valence-corrected chi connectivity index (χ2v) is 17.1. The largest absolute Gasteiger partial charge is 0.379 e. The third-order valence-electron chi connectivity index (χ3n) is 12.4. The van der Waals surface area contributed by atoms with E-state index in [9.17, 15) is 24.0 Å². The maximum atomic E-state index is 13.6. The molecule has 8 rings (SSSR count). The summed E-state index contributed by atoms with van der Waals surface area (Å²) in [7, 11) is 1.87. The van der Waals surface area contributed by atoms with Crippen molar-refractivity contribution in [2.45, 2.75) is 70.8 Å². The van der Waals surface area contributed by atoms with Crippen LogP contribution in [0.1, 0.15) is 95.8 Å². The highest BCUT2D eigenvalue weighted by Crippen LogP contribution is 2.40. The number of pyridine rings is 2. The van der Waals surface area contributed by atoms with Gasteiger partial charge in [0.05, 0.1) is 68.1 Å². The van der Waals surface area contributed by atoms with E-state index in [1.807, 2.05) is 25.2 Å². The highest BCUT2D eigenvalue weighted by Gasteiger charge is 2.29. The minimum atomic E-state index is -0.353. The number of Topliss-reactive ketones (excluding diaryl/α,β-unsaturated/α-hetero) is 1. The number of benzene rings is 1. The summed E-state index contributed by atoms with van der Waals surface area (Å²) in [4.78, 5) is 82.6. The Hall–Kier alpha value is -6.57. The zero-order chi connectivity index (χ0) is 46.2. The average molecular weight is 903 g/mol. The lowest BCUT2D eigenvalue weighted by Gasteiger charge is -2.35. The minimum absolute atomic E-state index is 0.00657. The first-order valence-electron chi connectivity index (χ1n) is 22.8. The van der Waals surface area contributed by atoms with Gasteiger partial charge in [-0.1, -0.05) is 25.0 Å². The molecule has 19 heteroatoms. The fraction of sp³-hybridized carbons (Fsp3) is 0.468. The molecule has 66 heavy (non-hydrogen) atoms. The highest BCUT2D eigenvalue weighted by atomic mass is 16.5. The van der Waals surface area contributed by atoms with Crippen LogP contribution in [0.3, 0.4) is 0 Å². The number of ketones is 1. The Morgan fingerprint density at radius 2 is 1.59 bits per heavy atom. The van der Waals surface area contributed by atoms with E-state index in [0.29, 0.717) is 90.8 Å². The van der Waals surface area contributed by atoms with Gasteiger partial charge in [-0.05, 0) is 69.4 Å². The van der Waals surface area contributed by atoms with Crippen LogP contribution >= 0.6 is 0 Å². The van der Waals surface area contributed by atoms with E-state index < -0.39 is 0 Å². The number of rotatable bonds is 20. The van der Waals surface area contributed by atoms with Gasteiger partial charge >= 0.3 is 0 Å². The van der Waals surface area contributed by atoms with Crippen LogP contribution in [0.15, 0.2) is 59.7 Å². The fourth-order valence-electron chi connectivity index (χ4n) is 8.73. The monoisotopic (exact) mass is 902 g/mol. The fourth-order valence-corrected chi connectivity index (χ4v) is 8.73. The molecule has 1 saturated heterocycles. The molecule has 4 N–H and O–H groups in total. The molecule has 0 spiro atoms. The molecule has 1 aromatic carbocycles. The van der Waals surface area contributed by atoms with Gasteiger partial charge in [0.15, 0.2) is 11.6 Å². The number of ether oxygens (including phenoxy) is 2. The van der Waals surface area contributed by atoms with Crippen LogP contribution in [-0.4, -0.2) is 123 Å². The molecule has 4 aromatic heterocycles. The summed E-state index contributed by atoms with van der Waals surface area (Å²) in [5.74, 6) is 0.897. The molecule has 348 valence electrons. The molecule has 2 saturated carbocycles. The van der Waals surface area contributed by atoms with Gasteiger partial charge in [-0.2, -0.15) is 10.1 Å². The van der Waals surface area contributed by atoms with Crippen LogP contribution < -0.4 is 31.7 Å². The number of hydrogen-bond donors (Lipinski definition) is 4. The van der Waals surface area contributed by atoms with Gasteiger partial charge < -0.3 is 35.6 Å². The van der Waals surface area contributed by atoms with Crippen LogP contribution in [0.2, 0.25) is 0 Å². The molecule has 0 atom stereocenters. The second kappa shape index (κ2) is 21.2. The number of nitrogens with zero attached hydrogens (tertiary/aromatic N) is 8. The van der Waals surface area contributed by atoms with Gasteiger partial charge in [-0.15, -0.1) is 0 Å². The number of para-hydroxylation sites is 1. The van der Waals surface area contributed by atoms with Crippen molar-refractivity contribution >= 4 is 63.5 Å². The molecule has 3 amide bonds. The third-order valence-corrected chi connectivity index (χ3v) is 12.4. The Balaban J connectivity index is 0.692. The summed E-state index contributed by atoms with van der Waals surface area (Å²) < 4.78 is 14.7. The lowest BCUT2D eigenvalue weighted by atomic mass is 10.0. The lowest BCUT2D eigenvalue weighted by molar-refractivity contribution is -0.122. The Kier molecular flexibility index (Phi) is 14.7. The number of carbonyl (C=O) groups is 4. The van der Waals surface area contributed by atoms with E-state index in [1.165, 1.54) is 6.92 Å². The van der Waals surface area contributed by atoms with Gasteiger partial charge in [0.2, 0.25) is 17.8 Å². The molecule has 5 aromatic rings. The van der Waals surface area contributed by atoms with Gasteiger partial charge in [0.25, 0.3) is 11.5 Å². The summed E-state index contributed by atoms with van der Waals surface area (Å²) in [6.45, 7) is 7.88. The Morgan fingerprint density at radius 1 is 0.833 bits per heavy atom. The van der Waals surface area contributed by atoms with E-state index in [2.05, 4.69) is 46.1 Å². The molecule has 0 unspecified atom stereocenters. The number of hydrogen-bond acceptors (Lipinski definition) is 14. The quantitative estimate of drug-likeness (QED) is 0.0614. The van der Waals surface area contributed by atoms with Gasteiger partial charge in [0.1, 0.15) is 11.5 Å². The van der Waals surface area contributed by atoms with Crippen molar-refractivity contribution in [2.24, 2.45) is 7.05 Å². The van der Waals surface area contributed by atoms with E-state index >= 15 is 0 Å². The molecule has 0 radical (unpaired) electrons. The third kappa shape index (κ3) is 11.3. The maximum Gasteiger partial charge on any atom is 0.263 e. The van der Waals surface area contributed by atoms with E-state index in [4.69, 9.17) is 14.5 Å². The van der Waals surface area contributed by atoms with E-state index in [0.717, 1.165) is 63.0 Å². The van der Waals surface area contributed by atoms with Crippen molar-refractivity contribution in [3.63, 3.8) is 0 Å². The predicted octanol–water partition coefficient (Wildman–Crippen LogP) is 4.72. The summed E-state index contributed by atoms with van der Waals surface area (Å²) in [6.07, 6.45) is 9.63. The molecular weight excluding hydrogens is 845 g/mol. The standard InChI is InChI=1S/C47H58N12O7/c1-30-36-28-50-47(54-44(36)59(33-8-4-5-9-33)46(64)43(30)31(2)60)53-39-15-14-34(27-49-39)58-20-18-57(19-21-58)29-42(62)48-17-23-66-25-24-65-22-16-41(61)51-37-11-7-6-10-35(37)45(63)52-40-26-38(32-12-13-32)56(3)55-40/h6-7,10-11,14-15,26-28,32-33H,4-5,8-9,12-13,16-25,29H2,1-3H3,(H,48,62)(H,51,61)(H,52,55,63)(H,49,50,53,54). The van der Waals surface area contributed by atoms with Crippen LogP contribution in [0.5, 0.6) is 0 Å². The summed E-state index contributed by atoms with van der Waals surface area (Å²) >= 11 is 0. The number of aryl methyl sites for hydroxylation is 2. The van der Waals surface area contributed by atoms with Gasteiger partial charge in [-0.3, -0.25) is 38.1 Å². The first kappa shape index (κ1) is 46.0. The first-order chi connectivity index (χ1) is 32.0. The number of nitrogens with one attached hydrogen (secondary N) is 4. The molecule has 0 bridgehead atoms. The smallest absolute Gasteiger partial charge is 0.263 e. The molecule has 3 fully saturated rings. The predicted molar refractivity (Wildman–Crippen MR) is 250 cm³/mol. The number of anilines is 5. The van der Waals surface area contributed by atoms with E-state index in [1.54, 1.807) is 52.8 Å². The van der Waals surface area contributed by atoms with Crippen molar-refractivity contribution in [3.8, 4) is 0 Å². The number of fused-ring (bicyclic) bond motifs is 1. The molecule has 5 heterocycles. The van der Waals surface area contributed by atoms with Crippen LogP contribution in [0, 0.1) is 6.92 Å². The molecule has 1 aliphatic heterocycles. The molecule has 19 nitrogen and oxygen atoms in total. The zero-order valence-electron chi connectivity index (χ0n) is 37.8. The molecule has 3 aliphatic rings. The van der Waals surface area contributed by atoms with Crippen molar-refractivity contribution in [1.82, 2.24) is 39.5 Å². The summed E-state index contributed by atoms with van der Waals surface area (Å²) in [5.41, 5.74) is 3.84. The van der Waals surface area contributed by atoms with Crippen LogP contribution in [0.25, 0.3) is 11.0 Å². The second-order valence-electron chi connectivity index (χ2n) is 17.1. The minimum Gasteiger partial charge on any atom is -0.379 e. The van der Waals surface area contributed by atoms with E-state index in [-0.39, 0.29) is 60.2 Å². The maximum absolute atomic E-state index is 13.6. The Morgan fingerprint density at radius 3 is 2.32 bits per heavy atom. The first-order valence-corrected chi connectivity index (χ1v) is 22.8. The SMILES string of the molecule is CC(=O)c1c(C)c2cnc(Nc3ccc(N4CCN(CC(=O)NCCOCCOCCC(=O)Nc5ccccc5C(=O)Nc5cc(C6CC6)n(C)n5)CC4)cn3)nc2n(C2CCCC2)c1=O. The zero-order valence-corrected chi connectivity index (χ0v) is 37.8. The number of aromatic nitrogens is 6. The number of piperazine rings is 1.